The molecule has 0 radical (unpaired) electrons. The molecule has 1 aliphatic carbocycles. The first kappa shape index (κ1) is 11.3. The largest absolute Gasteiger partial charge is 0.409 e. The predicted molar refractivity (Wildman–Crippen MR) is 52.5 cm³/mol. The summed E-state index contributed by atoms with van der Waals surface area (Å²) in [6.45, 7) is 0. The highest BCUT2D eigenvalue weighted by Crippen LogP contribution is 2.25. The average Bonchev–Trinajstić information content (AvgIpc) is 2.48. The summed E-state index contributed by atoms with van der Waals surface area (Å²) in [6.07, 6.45) is 3.21. The second-order valence-corrected chi connectivity index (χ2v) is 5.40. The van der Waals surface area contributed by atoms with Crippen LogP contribution in [0.25, 0.3) is 0 Å². The van der Waals surface area contributed by atoms with Gasteiger partial charge < -0.3 is 10.9 Å². The number of hydrogen-bond acceptors (Lipinski definition) is 4. The van der Waals surface area contributed by atoms with Crippen molar-refractivity contribution in [2.75, 3.05) is 6.26 Å². The lowest BCUT2D eigenvalue weighted by atomic mass is 10.1. The number of rotatable bonds is 3. The number of nitrogens with one attached hydrogen (secondary N) is 1. The molecule has 0 aromatic carbocycles. The molecule has 14 heavy (non-hydrogen) atoms. The van der Waals surface area contributed by atoms with E-state index in [4.69, 9.17) is 10.9 Å². The van der Waals surface area contributed by atoms with Gasteiger partial charge in [-0.15, -0.1) is 0 Å². The van der Waals surface area contributed by atoms with Crippen LogP contribution in [0.1, 0.15) is 19.3 Å². The smallest absolute Gasteiger partial charge is 0.208 e. The SMILES string of the molecule is CS(=O)(=O)NC1CCC(C(N)=NO)C1. The minimum Gasteiger partial charge on any atom is -0.409 e. The zero-order chi connectivity index (χ0) is 10.8. The third-order valence-electron chi connectivity index (χ3n) is 2.35. The molecule has 1 fully saturated rings. The fraction of sp³-hybridized carbons (Fsp3) is 0.857. The summed E-state index contributed by atoms with van der Waals surface area (Å²) < 4.78 is 24.3. The van der Waals surface area contributed by atoms with Crippen LogP contribution >= 0.6 is 0 Å². The van der Waals surface area contributed by atoms with Crippen molar-refractivity contribution < 1.29 is 13.6 Å². The van der Waals surface area contributed by atoms with Gasteiger partial charge in [-0.05, 0) is 19.3 Å². The van der Waals surface area contributed by atoms with Gasteiger partial charge in [0.25, 0.3) is 0 Å². The van der Waals surface area contributed by atoms with Gasteiger partial charge in [-0.3, -0.25) is 0 Å². The Morgan fingerprint density at radius 3 is 2.71 bits per heavy atom. The fourth-order valence-electron chi connectivity index (χ4n) is 1.74. The van der Waals surface area contributed by atoms with E-state index in [1.165, 1.54) is 0 Å². The van der Waals surface area contributed by atoms with Crippen LogP contribution < -0.4 is 10.5 Å². The van der Waals surface area contributed by atoms with Crippen LogP contribution in [0.5, 0.6) is 0 Å². The highest BCUT2D eigenvalue weighted by molar-refractivity contribution is 7.88. The minimum atomic E-state index is -3.16. The van der Waals surface area contributed by atoms with E-state index in [2.05, 4.69) is 9.88 Å². The summed E-state index contributed by atoms with van der Waals surface area (Å²) in [4.78, 5) is 0. The van der Waals surface area contributed by atoms with E-state index in [0.29, 0.717) is 6.42 Å². The lowest BCUT2D eigenvalue weighted by Crippen LogP contribution is -2.33. The minimum absolute atomic E-state index is 0.0146. The van der Waals surface area contributed by atoms with Gasteiger partial charge in [0, 0.05) is 12.0 Å². The number of nitrogens with zero attached hydrogens (tertiary/aromatic N) is 1. The molecule has 0 heterocycles. The quantitative estimate of drug-likeness (QED) is 0.257. The van der Waals surface area contributed by atoms with E-state index in [1.807, 2.05) is 0 Å². The monoisotopic (exact) mass is 221 g/mol. The Kier molecular flexibility index (Phi) is 3.33. The second kappa shape index (κ2) is 4.14. The average molecular weight is 221 g/mol. The van der Waals surface area contributed by atoms with E-state index in [0.717, 1.165) is 19.1 Å². The predicted octanol–water partition coefficient (Wildman–Crippen LogP) is -0.549. The van der Waals surface area contributed by atoms with Crippen LogP contribution in [0.2, 0.25) is 0 Å². The van der Waals surface area contributed by atoms with Gasteiger partial charge in [-0.2, -0.15) is 0 Å². The highest BCUT2D eigenvalue weighted by Gasteiger charge is 2.29. The van der Waals surface area contributed by atoms with Crippen LogP contribution in [0.3, 0.4) is 0 Å². The van der Waals surface area contributed by atoms with Gasteiger partial charge in [0.15, 0.2) is 0 Å². The Morgan fingerprint density at radius 2 is 2.21 bits per heavy atom. The summed E-state index contributed by atoms with van der Waals surface area (Å²) in [6, 6.07) is -0.0877. The van der Waals surface area contributed by atoms with Crippen LogP contribution in [0, 0.1) is 5.92 Å². The molecule has 2 atom stereocenters. The van der Waals surface area contributed by atoms with Gasteiger partial charge in [0.1, 0.15) is 5.84 Å². The van der Waals surface area contributed by atoms with Crippen molar-refractivity contribution in [3.8, 4) is 0 Å². The highest BCUT2D eigenvalue weighted by atomic mass is 32.2. The molecular weight excluding hydrogens is 206 g/mol. The molecule has 0 aromatic heterocycles. The van der Waals surface area contributed by atoms with Gasteiger partial charge in [-0.25, -0.2) is 13.1 Å². The van der Waals surface area contributed by atoms with Crippen molar-refractivity contribution in [2.24, 2.45) is 16.8 Å². The number of hydrogen-bond donors (Lipinski definition) is 3. The Bertz CT molecular complexity index is 325. The van der Waals surface area contributed by atoms with Crippen molar-refractivity contribution in [1.29, 1.82) is 0 Å². The van der Waals surface area contributed by atoms with Gasteiger partial charge >= 0.3 is 0 Å². The van der Waals surface area contributed by atoms with Crippen molar-refractivity contribution in [1.82, 2.24) is 4.72 Å². The summed E-state index contributed by atoms with van der Waals surface area (Å²) >= 11 is 0. The number of oxime groups is 1. The van der Waals surface area contributed by atoms with Crippen LogP contribution in [-0.4, -0.2) is 31.8 Å². The molecule has 7 heteroatoms. The maximum atomic E-state index is 10.9. The number of sulfonamides is 1. The fourth-order valence-corrected chi connectivity index (χ4v) is 2.56. The normalized spacial score (nSPS) is 29.4. The van der Waals surface area contributed by atoms with Crippen molar-refractivity contribution in [3.63, 3.8) is 0 Å². The molecule has 0 bridgehead atoms. The summed E-state index contributed by atoms with van der Waals surface area (Å²) in [5, 5.41) is 11.4. The molecule has 82 valence electrons. The van der Waals surface area contributed by atoms with E-state index in [-0.39, 0.29) is 17.8 Å². The van der Waals surface area contributed by atoms with Gasteiger partial charge in [0.2, 0.25) is 10.0 Å². The number of amidine groups is 1. The standard InChI is InChI=1S/C7H15N3O3S/c1-14(12,13)10-6-3-2-5(4-6)7(8)9-11/h5-6,10-11H,2-4H2,1H3,(H2,8,9). The maximum Gasteiger partial charge on any atom is 0.208 e. The van der Waals surface area contributed by atoms with E-state index in [9.17, 15) is 8.42 Å². The Hall–Kier alpha value is -0.820. The first-order valence-corrected chi connectivity index (χ1v) is 6.26. The molecule has 1 saturated carbocycles. The Labute approximate surface area is 83.2 Å². The van der Waals surface area contributed by atoms with Gasteiger partial charge in [0.05, 0.1) is 6.26 Å². The van der Waals surface area contributed by atoms with E-state index >= 15 is 0 Å². The first-order chi connectivity index (χ1) is 6.42. The summed E-state index contributed by atoms with van der Waals surface area (Å²) in [5.74, 6) is 0.169. The molecule has 0 aliphatic heterocycles. The third kappa shape index (κ3) is 3.15. The zero-order valence-corrected chi connectivity index (χ0v) is 8.79. The van der Waals surface area contributed by atoms with Crippen molar-refractivity contribution in [3.05, 3.63) is 0 Å². The molecular formula is C7H15N3O3S. The van der Waals surface area contributed by atoms with Crippen molar-refractivity contribution in [2.45, 2.75) is 25.3 Å². The zero-order valence-electron chi connectivity index (χ0n) is 7.97. The summed E-state index contributed by atoms with van der Waals surface area (Å²) in [5.41, 5.74) is 5.43. The molecule has 2 unspecified atom stereocenters. The lowest BCUT2D eigenvalue weighted by Gasteiger charge is -2.10. The van der Waals surface area contributed by atoms with Gasteiger partial charge in [-0.1, -0.05) is 5.16 Å². The second-order valence-electron chi connectivity index (χ2n) is 3.62. The molecule has 0 aromatic rings. The van der Waals surface area contributed by atoms with Crippen LogP contribution in [-0.2, 0) is 10.0 Å². The lowest BCUT2D eigenvalue weighted by molar-refractivity contribution is 0.314. The van der Waals surface area contributed by atoms with Crippen LogP contribution in [0.15, 0.2) is 5.16 Å². The Balaban J connectivity index is 2.50. The molecule has 0 spiro atoms. The first-order valence-electron chi connectivity index (χ1n) is 4.37. The third-order valence-corrected chi connectivity index (χ3v) is 3.11. The van der Waals surface area contributed by atoms with E-state index in [1.54, 1.807) is 0 Å². The molecule has 0 saturated heterocycles. The van der Waals surface area contributed by atoms with Crippen LogP contribution in [0.4, 0.5) is 0 Å². The Morgan fingerprint density at radius 1 is 1.57 bits per heavy atom. The van der Waals surface area contributed by atoms with E-state index < -0.39 is 10.0 Å². The molecule has 6 nitrogen and oxygen atoms in total. The molecule has 1 aliphatic rings. The molecule has 4 N–H and O–H groups in total. The molecule has 0 amide bonds. The maximum absolute atomic E-state index is 10.9. The molecule has 1 rings (SSSR count). The topological polar surface area (TPSA) is 105 Å². The number of nitrogens with two attached hydrogens (primary N) is 1. The summed E-state index contributed by atoms with van der Waals surface area (Å²) in [7, 11) is -3.16. The van der Waals surface area contributed by atoms with Crippen molar-refractivity contribution >= 4 is 15.9 Å².